The van der Waals surface area contributed by atoms with Gasteiger partial charge in [-0.1, -0.05) is 43.1 Å². The number of methoxy groups -OCH3 is 2. The van der Waals surface area contributed by atoms with Crippen LogP contribution in [0.2, 0.25) is 10.0 Å². The molecule has 2 rings (SSSR count). The number of hydrogen-bond acceptors (Lipinski definition) is 6. The molecule has 2 aromatic carbocycles. The van der Waals surface area contributed by atoms with E-state index in [1.165, 1.54) is 25.2 Å². The Morgan fingerprint density at radius 2 is 1.71 bits per heavy atom. The van der Waals surface area contributed by atoms with E-state index in [2.05, 4.69) is 5.32 Å². The maximum absolute atomic E-state index is 13.9. The number of amides is 2. The van der Waals surface area contributed by atoms with Gasteiger partial charge < -0.3 is 19.7 Å². The molecule has 0 aliphatic rings. The Morgan fingerprint density at radius 3 is 2.24 bits per heavy atom. The van der Waals surface area contributed by atoms with Crippen LogP contribution in [0.15, 0.2) is 36.4 Å². The van der Waals surface area contributed by atoms with Crippen molar-refractivity contribution in [1.82, 2.24) is 10.2 Å². The molecule has 12 heteroatoms. The minimum absolute atomic E-state index is 0.0336. The molecule has 0 radical (unpaired) electrons. The zero-order valence-electron chi connectivity index (χ0n) is 22.5. The fourth-order valence-electron chi connectivity index (χ4n) is 3.78. The molecule has 0 aromatic heterocycles. The van der Waals surface area contributed by atoms with E-state index in [0.29, 0.717) is 34.2 Å². The van der Waals surface area contributed by atoms with Gasteiger partial charge >= 0.3 is 0 Å². The van der Waals surface area contributed by atoms with Gasteiger partial charge in [0.25, 0.3) is 0 Å². The van der Waals surface area contributed by atoms with E-state index in [1.54, 1.807) is 37.3 Å². The van der Waals surface area contributed by atoms with Crippen molar-refractivity contribution >= 4 is 50.7 Å². The third kappa shape index (κ3) is 8.15. The molecule has 9 nitrogen and oxygen atoms in total. The fourth-order valence-corrected chi connectivity index (χ4v) is 5.09. The minimum Gasteiger partial charge on any atom is -0.497 e. The summed E-state index contributed by atoms with van der Waals surface area (Å²) in [6.45, 7) is 4.97. The van der Waals surface area contributed by atoms with Gasteiger partial charge in [-0.25, -0.2) is 8.42 Å². The number of carbonyl (C=O) groups excluding carboxylic acids is 2. The molecule has 0 spiro atoms. The van der Waals surface area contributed by atoms with Crippen molar-refractivity contribution in [1.29, 1.82) is 0 Å². The Hall–Kier alpha value is -2.69. The van der Waals surface area contributed by atoms with Gasteiger partial charge in [-0.05, 0) is 49.6 Å². The molecule has 0 fully saturated rings. The molecule has 0 aliphatic carbocycles. The monoisotopic (exact) mass is 587 g/mol. The van der Waals surface area contributed by atoms with Crippen LogP contribution in [0.25, 0.3) is 0 Å². The number of sulfonamides is 1. The third-order valence-electron chi connectivity index (χ3n) is 6.08. The van der Waals surface area contributed by atoms with E-state index in [4.69, 9.17) is 32.7 Å². The lowest BCUT2D eigenvalue weighted by molar-refractivity contribution is -0.140. The highest BCUT2D eigenvalue weighted by atomic mass is 35.5. The van der Waals surface area contributed by atoms with E-state index in [0.717, 1.165) is 10.6 Å². The SMILES string of the molecule is CC[C@@H](C)NC(=O)[C@@H](CC)N(Cc1ccc(Cl)cc1Cl)C(=O)CN(c1cc(OC)ccc1OC)S(C)(=O)=O. The van der Waals surface area contributed by atoms with Crippen molar-refractivity contribution < 1.29 is 27.5 Å². The molecule has 0 saturated heterocycles. The highest BCUT2D eigenvalue weighted by Gasteiger charge is 2.33. The summed E-state index contributed by atoms with van der Waals surface area (Å²) in [6.07, 6.45) is 1.99. The largest absolute Gasteiger partial charge is 0.497 e. The molecule has 1 N–H and O–H groups in total. The molecule has 0 heterocycles. The Balaban J connectivity index is 2.56. The van der Waals surface area contributed by atoms with Crippen molar-refractivity contribution in [3.8, 4) is 11.5 Å². The van der Waals surface area contributed by atoms with Crippen LogP contribution in [0.4, 0.5) is 5.69 Å². The first kappa shape index (κ1) is 31.5. The lowest BCUT2D eigenvalue weighted by atomic mass is 10.1. The van der Waals surface area contributed by atoms with Crippen LogP contribution in [-0.4, -0.2) is 64.2 Å². The summed E-state index contributed by atoms with van der Waals surface area (Å²) in [5.74, 6) is -0.327. The summed E-state index contributed by atoms with van der Waals surface area (Å²) in [7, 11) is -1.12. The molecule has 2 amide bonds. The molecular formula is C26H35Cl2N3O6S. The highest BCUT2D eigenvalue weighted by Crippen LogP contribution is 2.34. The van der Waals surface area contributed by atoms with Crippen molar-refractivity contribution in [3.63, 3.8) is 0 Å². The van der Waals surface area contributed by atoms with Gasteiger partial charge in [-0.3, -0.25) is 13.9 Å². The van der Waals surface area contributed by atoms with E-state index >= 15 is 0 Å². The maximum atomic E-state index is 13.9. The predicted octanol–water partition coefficient (Wildman–Crippen LogP) is 4.50. The van der Waals surface area contributed by atoms with Crippen LogP contribution in [0.5, 0.6) is 11.5 Å². The average Bonchev–Trinajstić information content (AvgIpc) is 2.86. The standard InChI is InChI=1S/C26H35Cl2N3O6S/c1-7-17(3)29-26(33)22(8-2)30(15-18-9-10-19(27)13-21(18)28)25(32)16-31(38(6,34)35)23-14-20(36-4)11-12-24(23)37-5/h9-14,17,22H,7-8,15-16H2,1-6H3,(H,29,33)/t17-,22-/m1/s1. The number of ether oxygens (including phenoxy) is 2. The molecule has 210 valence electrons. The first-order valence-electron chi connectivity index (χ1n) is 12.1. The Kier molecular flexibility index (Phi) is 11.5. The van der Waals surface area contributed by atoms with E-state index in [1.807, 2.05) is 13.8 Å². The number of nitrogens with one attached hydrogen (secondary N) is 1. The van der Waals surface area contributed by atoms with Crippen LogP contribution in [-0.2, 0) is 26.2 Å². The predicted molar refractivity (Wildman–Crippen MR) is 151 cm³/mol. The van der Waals surface area contributed by atoms with E-state index < -0.39 is 28.5 Å². The lowest BCUT2D eigenvalue weighted by Crippen LogP contribution is -2.53. The zero-order valence-corrected chi connectivity index (χ0v) is 24.8. The molecule has 2 aromatic rings. The quantitative estimate of drug-likeness (QED) is 0.370. The highest BCUT2D eigenvalue weighted by molar-refractivity contribution is 7.92. The lowest BCUT2D eigenvalue weighted by Gasteiger charge is -2.33. The molecule has 0 unspecified atom stereocenters. The minimum atomic E-state index is -3.96. The fraction of sp³-hybridized carbons (Fsp3) is 0.462. The van der Waals surface area contributed by atoms with Crippen LogP contribution in [0, 0.1) is 0 Å². The Labute approximate surface area is 235 Å². The number of halogens is 2. The maximum Gasteiger partial charge on any atom is 0.244 e. The second kappa shape index (κ2) is 13.9. The van der Waals surface area contributed by atoms with Crippen LogP contribution < -0.4 is 19.1 Å². The van der Waals surface area contributed by atoms with Crippen molar-refractivity contribution in [2.24, 2.45) is 0 Å². The topological polar surface area (TPSA) is 105 Å². The first-order chi connectivity index (χ1) is 17.9. The van der Waals surface area contributed by atoms with Gasteiger partial charge in [-0.15, -0.1) is 0 Å². The Bertz CT molecular complexity index is 1240. The van der Waals surface area contributed by atoms with Gasteiger partial charge in [0.15, 0.2) is 0 Å². The molecule has 0 bridgehead atoms. The van der Waals surface area contributed by atoms with E-state index in [9.17, 15) is 18.0 Å². The summed E-state index contributed by atoms with van der Waals surface area (Å²) in [6, 6.07) is 8.51. The van der Waals surface area contributed by atoms with Gasteiger partial charge in [0.1, 0.15) is 24.1 Å². The number of nitrogens with zero attached hydrogens (tertiary/aromatic N) is 2. The summed E-state index contributed by atoms with van der Waals surface area (Å²) in [5.41, 5.74) is 0.688. The smallest absolute Gasteiger partial charge is 0.244 e. The van der Waals surface area contributed by atoms with Gasteiger partial charge in [-0.2, -0.15) is 0 Å². The molecule has 0 saturated carbocycles. The average molecular weight is 589 g/mol. The van der Waals surface area contributed by atoms with Gasteiger partial charge in [0.2, 0.25) is 21.8 Å². The van der Waals surface area contributed by atoms with Crippen molar-refractivity contribution in [3.05, 3.63) is 52.0 Å². The summed E-state index contributed by atoms with van der Waals surface area (Å²) in [4.78, 5) is 28.4. The van der Waals surface area contributed by atoms with Gasteiger partial charge in [0.05, 0.1) is 26.2 Å². The molecular weight excluding hydrogens is 553 g/mol. The number of carbonyl (C=O) groups is 2. The normalized spacial score (nSPS) is 12.8. The van der Waals surface area contributed by atoms with Crippen LogP contribution in [0.3, 0.4) is 0 Å². The molecule has 0 aliphatic heterocycles. The summed E-state index contributed by atoms with van der Waals surface area (Å²) in [5, 5.41) is 3.66. The second-order valence-electron chi connectivity index (χ2n) is 8.81. The second-order valence-corrected chi connectivity index (χ2v) is 11.6. The summed E-state index contributed by atoms with van der Waals surface area (Å²) >= 11 is 12.4. The Morgan fingerprint density at radius 1 is 1.03 bits per heavy atom. The summed E-state index contributed by atoms with van der Waals surface area (Å²) < 4.78 is 37.4. The number of rotatable bonds is 13. The third-order valence-corrected chi connectivity index (χ3v) is 7.79. The van der Waals surface area contributed by atoms with Crippen LogP contribution in [0.1, 0.15) is 39.2 Å². The van der Waals surface area contributed by atoms with Crippen molar-refractivity contribution in [2.75, 3.05) is 31.3 Å². The van der Waals surface area contributed by atoms with Crippen molar-refractivity contribution in [2.45, 2.75) is 52.2 Å². The first-order valence-corrected chi connectivity index (χ1v) is 14.7. The number of anilines is 1. The van der Waals surface area contributed by atoms with E-state index in [-0.39, 0.29) is 29.9 Å². The number of benzene rings is 2. The number of hydrogen-bond donors (Lipinski definition) is 1. The molecule has 38 heavy (non-hydrogen) atoms. The molecule has 2 atom stereocenters. The zero-order chi connectivity index (χ0) is 28.6. The van der Waals surface area contributed by atoms with Crippen LogP contribution >= 0.6 is 23.2 Å². The van der Waals surface area contributed by atoms with Gasteiger partial charge in [0, 0.05) is 28.7 Å².